The van der Waals surface area contributed by atoms with E-state index in [4.69, 9.17) is 16.3 Å². The molecular formula is C7H16N2O. The van der Waals surface area contributed by atoms with Crippen LogP contribution in [0.4, 0.5) is 0 Å². The lowest BCUT2D eigenvalue weighted by Gasteiger charge is -2.24. The van der Waals surface area contributed by atoms with E-state index in [2.05, 4.69) is 0 Å². The molecule has 4 N–H and O–H groups in total. The van der Waals surface area contributed by atoms with Crippen LogP contribution >= 0.6 is 0 Å². The van der Waals surface area contributed by atoms with Gasteiger partial charge in [-0.05, 0) is 12.8 Å². The first-order chi connectivity index (χ1) is 4.80. The van der Waals surface area contributed by atoms with Gasteiger partial charge < -0.3 is 16.3 Å². The SMILES string of the molecule is C=O.N[C@@H]1CCCC[C@H]1N. The highest BCUT2D eigenvalue weighted by Gasteiger charge is 2.16. The second-order valence-corrected chi connectivity index (χ2v) is 2.61. The molecule has 60 valence electrons. The Labute approximate surface area is 61.8 Å². The first kappa shape index (κ1) is 9.59. The van der Waals surface area contributed by atoms with Gasteiger partial charge in [0.05, 0.1) is 0 Å². The first-order valence-electron chi connectivity index (χ1n) is 3.61. The first-order valence-corrected chi connectivity index (χ1v) is 3.61. The van der Waals surface area contributed by atoms with Gasteiger partial charge >= 0.3 is 0 Å². The minimum absolute atomic E-state index is 0.281. The maximum atomic E-state index is 8.00. The van der Waals surface area contributed by atoms with E-state index in [1.54, 1.807) is 0 Å². The Morgan fingerprint density at radius 2 is 1.30 bits per heavy atom. The van der Waals surface area contributed by atoms with Crippen LogP contribution in [0.2, 0.25) is 0 Å². The van der Waals surface area contributed by atoms with Crippen LogP contribution in [0.15, 0.2) is 0 Å². The average molecular weight is 144 g/mol. The molecule has 0 aromatic carbocycles. The van der Waals surface area contributed by atoms with Crippen molar-refractivity contribution < 1.29 is 4.79 Å². The van der Waals surface area contributed by atoms with Gasteiger partial charge in [-0.1, -0.05) is 12.8 Å². The van der Waals surface area contributed by atoms with E-state index < -0.39 is 0 Å². The molecule has 3 heteroatoms. The molecule has 0 spiro atoms. The van der Waals surface area contributed by atoms with E-state index in [1.807, 2.05) is 6.79 Å². The van der Waals surface area contributed by atoms with E-state index in [-0.39, 0.29) is 12.1 Å². The van der Waals surface area contributed by atoms with Crippen molar-refractivity contribution in [3.63, 3.8) is 0 Å². The summed E-state index contributed by atoms with van der Waals surface area (Å²) in [6.07, 6.45) is 4.80. The van der Waals surface area contributed by atoms with Crippen LogP contribution in [0, 0.1) is 0 Å². The van der Waals surface area contributed by atoms with Gasteiger partial charge in [-0.2, -0.15) is 0 Å². The zero-order valence-corrected chi connectivity index (χ0v) is 6.25. The molecule has 0 aliphatic heterocycles. The summed E-state index contributed by atoms with van der Waals surface area (Å²) in [5.41, 5.74) is 11.3. The summed E-state index contributed by atoms with van der Waals surface area (Å²) in [6.45, 7) is 2.00. The molecule has 1 saturated carbocycles. The topological polar surface area (TPSA) is 69.1 Å². The van der Waals surface area contributed by atoms with Crippen LogP contribution in [-0.4, -0.2) is 18.9 Å². The average Bonchev–Trinajstić information content (AvgIpc) is 2.00. The molecule has 1 aliphatic carbocycles. The molecule has 0 bridgehead atoms. The fourth-order valence-electron chi connectivity index (χ4n) is 1.19. The monoisotopic (exact) mass is 144 g/mol. The summed E-state index contributed by atoms with van der Waals surface area (Å²) in [6, 6.07) is 0.562. The molecule has 0 unspecified atom stereocenters. The Bertz CT molecular complexity index is 77.7. The second-order valence-electron chi connectivity index (χ2n) is 2.61. The highest BCUT2D eigenvalue weighted by Crippen LogP contribution is 2.14. The predicted octanol–water partition coefficient (Wildman–Crippen LogP) is 0.0301. The van der Waals surface area contributed by atoms with Crippen LogP contribution in [0.1, 0.15) is 25.7 Å². The van der Waals surface area contributed by atoms with Crippen molar-refractivity contribution in [3.8, 4) is 0 Å². The third-order valence-electron chi connectivity index (χ3n) is 1.87. The summed E-state index contributed by atoms with van der Waals surface area (Å²) < 4.78 is 0. The van der Waals surface area contributed by atoms with Gasteiger partial charge in [0.1, 0.15) is 6.79 Å². The smallest absolute Gasteiger partial charge is 0.106 e. The zero-order chi connectivity index (χ0) is 7.98. The third-order valence-corrected chi connectivity index (χ3v) is 1.87. The van der Waals surface area contributed by atoms with Crippen molar-refractivity contribution in [1.82, 2.24) is 0 Å². The number of hydrogen-bond donors (Lipinski definition) is 2. The minimum Gasteiger partial charge on any atom is -0.326 e. The van der Waals surface area contributed by atoms with Gasteiger partial charge in [0.15, 0.2) is 0 Å². The van der Waals surface area contributed by atoms with Crippen molar-refractivity contribution in [2.24, 2.45) is 11.5 Å². The Hall–Kier alpha value is -0.410. The Morgan fingerprint density at radius 1 is 1.00 bits per heavy atom. The summed E-state index contributed by atoms with van der Waals surface area (Å²) in [5.74, 6) is 0. The number of hydrogen-bond acceptors (Lipinski definition) is 3. The van der Waals surface area contributed by atoms with Crippen molar-refractivity contribution in [3.05, 3.63) is 0 Å². The molecule has 0 amide bonds. The summed E-state index contributed by atoms with van der Waals surface area (Å²) in [7, 11) is 0. The van der Waals surface area contributed by atoms with Crippen LogP contribution < -0.4 is 11.5 Å². The number of nitrogens with two attached hydrogens (primary N) is 2. The standard InChI is InChI=1S/C6H14N2.CH2O/c7-5-3-1-2-4-6(5)8;1-2/h5-6H,1-4,7-8H2;1H2/t5-,6-;/m1./s1. The highest BCUT2D eigenvalue weighted by molar-refractivity contribution is 5.10. The number of rotatable bonds is 0. The lowest BCUT2D eigenvalue weighted by Crippen LogP contribution is -2.43. The molecule has 0 saturated heterocycles. The van der Waals surface area contributed by atoms with Gasteiger partial charge in [0, 0.05) is 12.1 Å². The Kier molecular flexibility index (Phi) is 5.16. The molecule has 0 heterocycles. The lowest BCUT2D eigenvalue weighted by molar-refractivity contribution is -0.0979. The predicted molar refractivity (Wildman–Crippen MR) is 41.5 cm³/mol. The maximum Gasteiger partial charge on any atom is 0.106 e. The van der Waals surface area contributed by atoms with Gasteiger partial charge in [-0.3, -0.25) is 0 Å². The molecule has 2 atom stereocenters. The fourth-order valence-corrected chi connectivity index (χ4v) is 1.19. The number of carbonyl (C=O) groups excluding carboxylic acids is 1. The normalized spacial score (nSPS) is 32.2. The Balaban J connectivity index is 0.000000371. The van der Waals surface area contributed by atoms with Crippen LogP contribution in [-0.2, 0) is 4.79 Å². The van der Waals surface area contributed by atoms with E-state index in [9.17, 15) is 0 Å². The van der Waals surface area contributed by atoms with Gasteiger partial charge in [-0.15, -0.1) is 0 Å². The van der Waals surface area contributed by atoms with E-state index in [0.29, 0.717) is 0 Å². The summed E-state index contributed by atoms with van der Waals surface area (Å²) in [4.78, 5) is 8.00. The molecular weight excluding hydrogens is 128 g/mol. The summed E-state index contributed by atoms with van der Waals surface area (Å²) in [5, 5.41) is 0. The van der Waals surface area contributed by atoms with E-state index in [1.165, 1.54) is 12.8 Å². The lowest BCUT2D eigenvalue weighted by atomic mass is 9.92. The molecule has 10 heavy (non-hydrogen) atoms. The van der Waals surface area contributed by atoms with Gasteiger partial charge in [0.25, 0.3) is 0 Å². The van der Waals surface area contributed by atoms with Crippen molar-refractivity contribution >= 4 is 6.79 Å². The Morgan fingerprint density at radius 3 is 1.50 bits per heavy atom. The summed E-state index contributed by atoms with van der Waals surface area (Å²) >= 11 is 0. The second kappa shape index (κ2) is 5.38. The van der Waals surface area contributed by atoms with E-state index in [0.717, 1.165) is 12.8 Å². The van der Waals surface area contributed by atoms with Gasteiger partial charge in [0.2, 0.25) is 0 Å². The largest absolute Gasteiger partial charge is 0.326 e. The molecule has 1 fully saturated rings. The van der Waals surface area contributed by atoms with Gasteiger partial charge in [-0.25, -0.2) is 0 Å². The molecule has 3 nitrogen and oxygen atoms in total. The van der Waals surface area contributed by atoms with Crippen molar-refractivity contribution in [1.29, 1.82) is 0 Å². The van der Waals surface area contributed by atoms with Crippen molar-refractivity contribution in [2.75, 3.05) is 0 Å². The zero-order valence-electron chi connectivity index (χ0n) is 6.25. The van der Waals surface area contributed by atoms with Crippen molar-refractivity contribution in [2.45, 2.75) is 37.8 Å². The fraction of sp³-hybridized carbons (Fsp3) is 0.857. The molecule has 1 rings (SSSR count). The number of carbonyl (C=O) groups is 1. The maximum absolute atomic E-state index is 8.00. The molecule has 1 aliphatic rings. The van der Waals surface area contributed by atoms with Crippen LogP contribution in [0.5, 0.6) is 0 Å². The highest BCUT2D eigenvalue weighted by atomic mass is 16.1. The molecule has 0 aromatic rings. The van der Waals surface area contributed by atoms with E-state index >= 15 is 0 Å². The third kappa shape index (κ3) is 2.94. The minimum atomic E-state index is 0.281. The molecule has 0 aromatic heterocycles. The molecule has 0 radical (unpaired) electrons. The van der Waals surface area contributed by atoms with Crippen LogP contribution in [0.25, 0.3) is 0 Å². The van der Waals surface area contributed by atoms with Crippen LogP contribution in [0.3, 0.4) is 0 Å². The quantitative estimate of drug-likeness (QED) is 0.504.